The van der Waals surface area contributed by atoms with E-state index in [9.17, 15) is 9.59 Å². The van der Waals surface area contributed by atoms with Gasteiger partial charge >= 0.3 is 11.9 Å². The first-order valence-electron chi connectivity index (χ1n) is 4.55. The van der Waals surface area contributed by atoms with E-state index >= 15 is 0 Å². The van der Waals surface area contributed by atoms with Gasteiger partial charge in [-0.25, -0.2) is 4.79 Å². The first kappa shape index (κ1) is 9.71. The van der Waals surface area contributed by atoms with Gasteiger partial charge in [-0.05, 0) is 12.5 Å². The second-order valence-electron chi connectivity index (χ2n) is 3.39. The molecule has 1 aromatic carbocycles. The minimum Gasteiger partial charge on any atom is -0.465 e. The number of rotatable bonds is 1. The molecule has 4 heteroatoms. The summed E-state index contributed by atoms with van der Waals surface area (Å²) < 4.78 is 9.65. The van der Waals surface area contributed by atoms with Gasteiger partial charge in [0.05, 0.1) is 13.5 Å². The maximum absolute atomic E-state index is 11.5. The Labute approximate surface area is 86.8 Å². The largest absolute Gasteiger partial charge is 0.465 e. The number of carbonyl (C=O) groups is 2. The lowest BCUT2D eigenvalue weighted by Gasteiger charge is -2.07. The van der Waals surface area contributed by atoms with Crippen LogP contribution in [-0.2, 0) is 16.0 Å². The minimum atomic E-state index is -0.473. The van der Waals surface area contributed by atoms with Crippen molar-refractivity contribution in [3.05, 3.63) is 28.8 Å². The highest BCUT2D eigenvalue weighted by Crippen LogP contribution is 2.32. The quantitative estimate of drug-likeness (QED) is 0.512. The van der Waals surface area contributed by atoms with E-state index in [1.807, 2.05) is 0 Å². The summed E-state index contributed by atoms with van der Waals surface area (Å²) in [7, 11) is 1.30. The summed E-state index contributed by atoms with van der Waals surface area (Å²) in [5, 5.41) is 0. The van der Waals surface area contributed by atoms with Crippen LogP contribution in [0.15, 0.2) is 12.1 Å². The van der Waals surface area contributed by atoms with Crippen molar-refractivity contribution >= 4 is 11.9 Å². The van der Waals surface area contributed by atoms with E-state index in [-0.39, 0.29) is 12.4 Å². The fourth-order valence-corrected chi connectivity index (χ4v) is 1.64. The van der Waals surface area contributed by atoms with E-state index in [1.54, 1.807) is 19.1 Å². The smallest absolute Gasteiger partial charge is 0.341 e. The fourth-order valence-electron chi connectivity index (χ4n) is 1.64. The molecular formula is C11H10O4. The lowest BCUT2D eigenvalue weighted by Crippen LogP contribution is -2.07. The molecule has 0 saturated heterocycles. The predicted octanol–water partition coefficient (Wildman–Crippen LogP) is 1.24. The third-order valence-electron chi connectivity index (χ3n) is 2.39. The summed E-state index contributed by atoms with van der Waals surface area (Å²) in [6.07, 6.45) is 0.222. The van der Waals surface area contributed by atoms with Crippen molar-refractivity contribution in [1.82, 2.24) is 0 Å². The Bertz CT molecular complexity index is 448. The number of methoxy groups -OCH3 is 1. The van der Waals surface area contributed by atoms with Gasteiger partial charge in [-0.1, -0.05) is 12.1 Å². The van der Waals surface area contributed by atoms with Crippen LogP contribution in [0.1, 0.15) is 21.5 Å². The molecule has 1 aliphatic heterocycles. The monoisotopic (exact) mass is 206 g/mol. The first-order chi connectivity index (χ1) is 7.13. The third-order valence-corrected chi connectivity index (χ3v) is 2.39. The Morgan fingerprint density at radius 3 is 2.87 bits per heavy atom. The van der Waals surface area contributed by atoms with Crippen molar-refractivity contribution in [2.75, 3.05) is 7.11 Å². The molecule has 78 valence electrons. The maximum atomic E-state index is 11.5. The molecule has 1 aliphatic rings. The zero-order valence-electron chi connectivity index (χ0n) is 8.49. The van der Waals surface area contributed by atoms with E-state index in [0.29, 0.717) is 11.3 Å². The molecule has 1 aromatic rings. The average molecular weight is 206 g/mol. The lowest BCUT2D eigenvalue weighted by molar-refractivity contribution is -0.131. The molecule has 0 aliphatic carbocycles. The lowest BCUT2D eigenvalue weighted by atomic mass is 10.0. The van der Waals surface area contributed by atoms with Crippen LogP contribution in [0.3, 0.4) is 0 Å². The Balaban J connectivity index is 2.59. The number of ether oxygens (including phenoxy) is 2. The number of fused-ring (bicyclic) bond motifs is 1. The van der Waals surface area contributed by atoms with Crippen LogP contribution in [-0.4, -0.2) is 19.0 Å². The molecule has 15 heavy (non-hydrogen) atoms. The molecule has 0 fully saturated rings. The Morgan fingerprint density at radius 1 is 1.47 bits per heavy atom. The van der Waals surface area contributed by atoms with Crippen LogP contribution in [0.4, 0.5) is 0 Å². The molecule has 0 bridgehead atoms. The molecule has 0 atom stereocenters. The summed E-state index contributed by atoms with van der Waals surface area (Å²) >= 11 is 0. The highest BCUT2D eigenvalue weighted by atomic mass is 16.5. The Kier molecular flexibility index (Phi) is 2.19. The van der Waals surface area contributed by atoms with Crippen molar-refractivity contribution in [3.63, 3.8) is 0 Å². The SMILES string of the molecule is COC(=O)c1c(C)ccc2c1OC(=O)C2. The maximum Gasteiger partial charge on any atom is 0.341 e. The van der Waals surface area contributed by atoms with E-state index in [4.69, 9.17) is 4.74 Å². The van der Waals surface area contributed by atoms with E-state index in [1.165, 1.54) is 7.11 Å². The van der Waals surface area contributed by atoms with Gasteiger partial charge in [0.15, 0.2) is 0 Å². The normalized spacial score (nSPS) is 13.3. The van der Waals surface area contributed by atoms with Gasteiger partial charge in [-0.3, -0.25) is 4.79 Å². The Hall–Kier alpha value is -1.84. The standard InChI is InChI=1S/C11H10O4/c1-6-3-4-7-5-8(12)15-10(7)9(6)11(13)14-2/h3-4H,5H2,1-2H3. The van der Waals surface area contributed by atoms with Crippen LogP contribution in [0, 0.1) is 6.92 Å². The van der Waals surface area contributed by atoms with Crippen LogP contribution in [0.5, 0.6) is 5.75 Å². The zero-order chi connectivity index (χ0) is 11.0. The Morgan fingerprint density at radius 2 is 2.20 bits per heavy atom. The topological polar surface area (TPSA) is 52.6 Å². The van der Waals surface area contributed by atoms with Crippen LogP contribution in [0.2, 0.25) is 0 Å². The molecule has 0 saturated carbocycles. The van der Waals surface area contributed by atoms with Crippen molar-refractivity contribution in [1.29, 1.82) is 0 Å². The van der Waals surface area contributed by atoms with E-state index in [0.717, 1.165) is 11.1 Å². The van der Waals surface area contributed by atoms with Crippen LogP contribution in [0.25, 0.3) is 0 Å². The highest BCUT2D eigenvalue weighted by molar-refractivity contribution is 5.97. The molecule has 0 amide bonds. The van der Waals surface area contributed by atoms with Gasteiger partial charge < -0.3 is 9.47 Å². The molecule has 0 spiro atoms. The van der Waals surface area contributed by atoms with Gasteiger partial charge in [0.2, 0.25) is 0 Å². The van der Waals surface area contributed by atoms with Gasteiger partial charge in [0.1, 0.15) is 11.3 Å². The highest BCUT2D eigenvalue weighted by Gasteiger charge is 2.27. The first-order valence-corrected chi connectivity index (χ1v) is 4.55. The summed E-state index contributed by atoms with van der Waals surface area (Å²) in [6, 6.07) is 3.58. The molecule has 0 unspecified atom stereocenters. The van der Waals surface area contributed by atoms with Crippen molar-refractivity contribution in [2.24, 2.45) is 0 Å². The molecule has 0 N–H and O–H groups in total. The predicted molar refractivity (Wildman–Crippen MR) is 51.9 cm³/mol. The van der Waals surface area contributed by atoms with Gasteiger partial charge in [-0.15, -0.1) is 0 Å². The summed E-state index contributed by atoms with van der Waals surface area (Å²) in [6.45, 7) is 1.78. The number of hydrogen-bond acceptors (Lipinski definition) is 4. The number of carbonyl (C=O) groups excluding carboxylic acids is 2. The molecular weight excluding hydrogens is 196 g/mol. The second kappa shape index (κ2) is 3.38. The molecule has 2 rings (SSSR count). The third kappa shape index (κ3) is 1.48. The van der Waals surface area contributed by atoms with Gasteiger partial charge in [0, 0.05) is 5.56 Å². The molecule has 0 radical (unpaired) electrons. The van der Waals surface area contributed by atoms with Gasteiger partial charge in [0.25, 0.3) is 0 Å². The second-order valence-corrected chi connectivity index (χ2v) is 3.39. The average Bonchev–Trinajstić information content (AvgIpc) is 2.57. The minimum absolute atomic E-state index is 0.222. The fraction of sp³-hybridized carbons (Fsp3) is 0.273. The molecule has 0 aromatic heterocycles. The van der Waals surface area contributed by atoms with Crippen molar-refractivity contribution < 1.29 is 19.1 Å². The van der Waals surface area contributed by atoms with E-state index in [2.05, 4.69) is 4.74 Å². The van der Waals surface area contributed by atoms with Gasteiger partial charge in [-0.2, -0.15) is 0 Å². The number of hydrogen-bond donors (Lipinski definition) is 0. The summed E-state index contributed by atoms with van der Waals surface area (Å²) in [5.74, 6) is -0.452. The van der Waals surface area contributed by atoms with Crippen LogP contribution >= 0.6 is 0 Å². The molecule has 4 nitrogen and oxygen atoms in total. The zero-order valence-corrected chi connectivity index (χ0v) is 8.49. The number of benzene rings is 1. The van der Waals surface area contributed by atoms with Crippen molar-refractivity contribution in [3.8, 4) is 5.75 Å². The van der Waals surface area contributed by atoms with Crippen molar-refractivity contribution in [2.45, 2.75) is 13.3 Å². The van der Waals surface area contributed by atoms with Crippen LogP contribution < -0.4 is 4.74 Å². The summed E-state index contributed by atoms with van der Waals surface area (Å²) in [5.41, 5.74) is 1.84. The number of aryl methyl sites for hydroxylation is 1. The van der Waals surface area contributed by atoms with E-state index < -0.39 is 5.97 Å². The summed E-state index contributed by atoms with van der Waals surface area (Å²) in [4.78, 5) is 22.6. The number of esters is 2. The molecule has 1 heterocycles.